The first-order chi connectivity index (χ1) is 8.97. The first kappa shape index (κ1) is 20.2. The lowest BCUT2D eigenvalue weighted by Gasteiger charge is -2.11. The Bertz CT molecular complexity index is 229. The molecule has 0 aliphatic heterocycles. The van der Waals surface area contributed by atoms with Crippen molar-refractivity contribution in [2.45, 2.75) is 40.2 Å². The number of carbonyl (C=O) groups excluding carboxylic acids is 2. The maximum absolute atomic E-state index is 10.7. The van der Waals surface area contributed by atoms with Crippen molar-refractivity contribution in [3.63, 3.8) is 0 Å². The molecule has 0 aromatic carbocycles. The predicted octanol–water partition coefficient (Wildman–Crippen LogP) is 1.56. The zero-order valence-electron chi connectivity index (χ0n) is 12.6. The van der Waals surface area contributed by atoms with Gasteiger partial charge in [0.2, 0.25) is 0 Å². The van der Waals surface area contributed by atoms with Crippen LogP contribution in [0.1, 0.15) is 34.1 Å². The summed E-state index contributed by atoms with van der Waals surface area (Å²) in [5.41, 5.74) is 0. The largest absolute Gasteiger partial charge is 0.463 e. The van der Waals surface area contributed by atoms with E-state index in [4.69, 9.17) is 9.47 Å². The summed E-state index contributed by atoms with van der Waals surface area (Å²) in [6.45, 7) is 8.85. The van der Waals surface area contributed by atoms with Crippen LogP contribution in [0.5, 0.6) is 0 Å². The molecular formula is C13H26O6. The molecule has 6 nitrogen and oxygen atoms in total. The van der Waals surface area contributed by atoms with Gasteiger partial charge in [-0.3, -0.25) is 9.59 Å². The molecule has 0 heterocycles. The monoisotopic (exact) mass is 278 g/mol. The van der Waals surface area contributed by atoms with E-state index in [1.54, 1.807) is 14.0 Å². The van der Waals surface area contributed by atoms with Gasteiger partial charge >= 0.3 is 11.9 Å². The normalized spacial score (nSPS) is 11.0. The molecule has 0 radical (unpaired) electrons. The second-order valence-electron chi connectivity index (χ2n) is 3.65. The highest BCUT2D eigenvalue weighted by Gasteiger charge is 2.06. The van der Waals surface area contributed by atoms with E-state index in [2.05, 4.69) is 9.47 Å². The molecule has 0 bridgehead atoms. The minimum Gasteiger partial charge on any atom is -0.463 e. The molecule has 0 saturated carbocycles. The van der Waals surface area contributed by atoms with Crippen LogP contribution in [0.4, 0.5) is 0 Å². The van der Waals surface area contributed by atoms with Crippen molar-refractivity contribution in [2.24, 2.45) is 0 Å². The first-order valence-electron chi connectivity index (χ1n) is 6.37. The maximum atomic E-state index is 10.7. The molecule has 0 amide bonds. The van der Waals surface area contributed by atoms with E-state index >= 15 is 0 Å². The molecule has 0 saturated heterocycles. The van der Waals surface area contributed by atoms with Gasteiger partial charge in [0, 0.05) is 27.1 Å². The maximum Gasteiger partial charge on any atom is 0.305 e. The fourth-order valence-corrected chi connectivity index (χ4v) is 0.894. The Labute approximate surface area is 115 Å². The number of hydrogen-bond acceptors (Lipinski definition) is 6. The zero-order chi connectivity index (χ0) is 15.1. The van der Waals surface area contributed by atoms with Crippen molar-refractivity contribution in [1.82, 2.24) is 0 Å². The van der Waals surface area contributed by atoms with Crippen LogP contribution in [-0.2, 0) is 28.5 Å². The molecule has 1 atom stereocenters. The molecule has 0 spiro atoms. The van der Waals surface area contributed by atoms with E-state index < -0.39 is 0 Å². The molecule has 19 heavy (non-hydrogen) atoms. The van der Waals surface area contributed by atoms with E-state index in [-0.39, 0.29) is 18.0 Å². The average molecular weight is 278 g/mol. The van der Waals surface area contributed by atoms with Gasteiger partial charge in [0.25, 0.3) is 0 Å². The lowest BCUT2D eigenvalue weighted by Crippen LogP contribution is -2.19. The van der Waals surface area contributed by atoms with Crippen LogP contribution in [0.3, 0.4) is 0 Å². The smallest absolute Gasteiger partial charge is 0.305 e. The van der Waals surface area contributed by atoms with Crippen LogP contribution < -0.4 is 0 Å². The molecule has 114 valence electrons. The third-order valence-corrected chi connectivity index (χ3v) is 1.77. The number of ether oxygens (including phenoxy) is 4. The van der Waals surface area contributed by atoms with Crippen molar-refractivity contribution in [1.29, 1.82) is 0 Å². The Balaban J connectivity index is 0. The van der Waals surface area contributed by atoms with Gasteiger partial charge in [-0.1, -0.05) is 6.92 Å². The summed E-state index contributed by atoms with van der Waals surface area (Å²) < 4.78 is 19.1. The summed E-state index contributed by atoms with van der Waals surface area (Å²) in [4.78, 5) is 20.7. The predicted molar refractivity (Wildman–Crippen MR) is 70.8 cm³/mol. The highest BCUT2D eigenvalue weighted by atomic mass is 16.6. The summed E-state index contributed by atoms with van der Waals surface area (Å²) >= 11 is 0. The van der Waals surface area contributed by atoms with Crippen LogP contribution in [0.15, 0.2) is 0 Å². The van der Waals surface area contributed by atoms with Crippen molar-refractivity contribution >= 4 is 11.9 Å². The number of rotatable bonds is 8. The van der Waals surface area contributed by atoms with Gasteiger partial charge in [-0.2, -0.15) is 0 Å². The van der Waals surface area contributed by atoms with Crippen LogP contribution >= 0.6 is 0 Å². The molecule has 0 aliphatic carbocycles. The van der Waals surface area contributed by atoms with E-state index in [0.29, 0.717) is 32.8 Å². The summed E-state index contributed by atoms with van der Waals surface area (Å²) in [5, 5.41) is 0. The van der Waals surface area contributed by atoms with Crippen molar-refractivity contribution in [3.05, 3.63) is 0 Å². The lowest BCUT2D eigenvalue weighted by molar-refractivity contribution is -0.150. The van der Waals surface area contributed by atoms with Crippen LogP contribution in [0, 0.1) is 0 Å². The fraction of sp³-hybridized carbons (Fsp3) is 0.846. The van der Waals surface area contributed by atoms with Gasteiger partial charge < -0.3 is 18.9 Å². The van der Waals surface area contributed by atoms with E-state index in [0.717, 1.165) is 0 Å². The number of esters is 2. The van der Waals surface area contributed by atoms with E-state index in [9.17, 15) is 9.59 Å². The van der Waals surface area contributed by atoms with Crippen LogP contribution in [0.25, 0.3) is 0 Å². The Hall–Kier alpha value is -1.14. The minimum atomic E-state index is -0.262. The van der Waals surface area contributed by atoms with Gasteiger partial charge in [0.1, 0.15) is 12.7 Å². The third-order valence-electron chi connectivity index (χ3n) is 1.77. The first-order valence-corrected chi connectivity index (χ1v) is 6.37. The van der Waals surface area contributed by atoms with Crippen molar-refractivity contribution in [3.8, 4) is 0 Å². The molecule has 0 fully saturated rings. The van der Waals surface area contributed by atoms with Crippen molar-refractivity contribution < 1.29 is 28.5 Å². The van der Waals surface area contributed by atoms with Crippen LogP contribution in [-0.4, -0.2) is 51.6 Å². The van der Waals surface area contributed by atoms with Gasteiger partial charge in [0.05, 0.1) is 13.2 Å². The molecule has 0 rings (SSSR count). The summed E-state index contributed by atoms with van der Waals surface area (Å²) in [6.07, 6.45) is 0.304. The number of carbonyl (C=O) groups is 2. The highest BCUT2D eigenvalue weighted by molar-refractivity contribution is 5.69. The summed E-state index contributed by atoms with van der Waals surface area (Å²) in [6, 6.07) is 0. The molecule has 0 aromatic rings. The van der Waals surface area contributed by atoms with Gasteiger partial charge in [-0.05, 0) is 13.8 Å². The highest BCUT2D eigenvalue weighted by Crippen LogP contribution is 1.94. The Kier molecular flexibility index (Phi) is 15.8. The van der Waals surface area contributed by atoms with Gasteiger partial charge in [-0.15, -0.1) is 0 Å². The second kappa shape index (κ2) is 14.9. The number of hydrogen-bond donors (Lipinski definition) is 0. The third kappa shape index (κ3) is 19.4. The second-order valence-corrected chi connectivity index (χ2v) is 3.65. The number of methoxy groups -OCH3 is 1. The fourth-order valence-electron chi connectivity index (χ4n) is 0.894. The summed E-state index contributed by atoms with van der Waals surface area (Å²) in [5.74, 6) is -0.431. The van der Waals surface area contributed by atoms with Gasteiger partial charge in [0.15, 0.2) is 0 Å². The molecule has 0 N–H and O–H groups in total. The Morgan fingerprint density at radius 2 is 1.79 bits per heavy atom. The minimum absolute atomic E-state index is 0.123. The standard InChI is InChI=1S/C8H16O3.C5H10O3/c1-4-8(9)11-7(3)6-10-5-2;1-5(6)8-4-3-7-2/h7H,4-6H2,1-3H3;3-4H2,1-2H3. The van der Waals surface area contributed by atoms with Gasteiger partial charge in [-0.25, -0.2) is 0 Å². The van der Waals surface area contributed by atoms with Crippen molar-refractivity contribution in [2.75, 3.05) is 33.5 Å². The average Bonchev–Trinajstić information content (AvgIpc) is 2.37. The molecular weight excluding hydrogens is 252 g/mol. The zero-order valence-corrected chi connectivity index (χ0v) is 12.6. The lowest BCUT2D eigenvalue weighted by atomic mass is 10.4. The summed E-state index contributed by atoms with van der Waals surface area (Å²) in [7, 11) is 1.56. The van der Waals surface area contributed by atoms with Crippen LogP contribution in [0.2, 0.25) is 0 Å². The molecule has 6 heteroatoms. The molecule has 0 aromatic heterocycles. The SMILES string of the molecule is CCOCC(C)OC(=O)CC.COCCOC(C)=O. The van der Waals surface area contributed by atoms with E-state index in [1.165, 1.54) is 6.92 Å². The Morgan fingerprint density at radius 3 is 2.21 bits per heavy atom. The molecule has 0 aliphatic rings. The topological polar surface area (TPSA) is 71.1 Å². The quantitative estimate of drug-likeness (QED) is 0.495. The molecule has 1 unspecified atom stereocenters. The van der Waals surface area contributed by atoms with E-state index in [1.807, 2.05) is 13.8 Å². The Morgan fingerprint density at radius 1 is 1.16 bits per heavy atom.